The van der Waals surface area contributed by atoms with Gasteiger partial charge in [-0.15, -0.1) is 11.8 Å². The molecular formula is C17H17F3N2O4S2. The number of esters is 1. The van der Waals surface area contributed by atoms with Crippen LogP contribution in [-0.2, 0) is 20.9 Å². The molecule has 0 aliphatic heterocycles. The highest BCUT2D eigenvalue weighted by molar-refractivity contribution is 7.99. The van der Waals surface area contributed by atoms with Gasteiger partial charge >= 0.3 is 12.1 Å². The van der Waals surface area contributed by atoms with E-state index in [1.165, 1.54) is 37.6 Å². The second kappa shape index (κ2) is 8.93. The summed E-state index contributed by atoms with van der Waals surface area (Å²) in [7, 11) is -2.76. The minimum absolute atomic E-state index is 0.0367. The smallest absolute Gasteiger partial charge is 0.419 e. The average Bonchev–Trinajstić information content (AvgIpc) is 2.64. The Morgan fingerprint density at radius 3 is 2.64 bits per heavy atom. The van der Waals surface area contributed by atoms with Gasteiger partial charge in [-0.3, -0.25) is 0 Å². The maximum Gasteiger partial charge on any atom is 0.419 e. The van der Waals surface area contributed by atoms with Crippen molar-refractivity contribution in [3.05, 3.63) is 53.2 Å². The fourth-order valence-corrected chi connectivity index (χ4v) is 4.29. The van der Waals surface area contributed by atoms with Crippen LogP contribution in [0.5, 0.6) is 0 Å². The van der Waals surface area contributed by atoms with E-state index < -0.39 is 27.7 Å². The molecular weight excluding hydrogens is 417 g/mol. The van der Waals surface area contributed by atoms with E-state index in [-0.39, 0.29) is 27.8 Å². The lowest BCUT2D eigenvalue weighted by Crippen LogP contribution is -2.26. The van der Waals surface area contributed by atoms with Crippen LogP contribution in [0.25, 0.3) is 0 Å². The van der Waals surface area contributed by atoms with Gasteiger partial charge in [-0.2, -0.15) is 13.2 Å². The highest BCUT2D eigenvalue weighted by atomic mass is 32.2. The topological polar surface area (TPSA) is 85.4 Å². The van der Waals surface area contributed by atoms with Gasteiger partial charge in [-0.1, -0.05) is 6.07 Å². The number of aryl methyl sites for hydroxylation is 1. The Labute approximate surface area is 164 Å². The van der Waals surface area contributed by atoms with E-state index in [0.29, 0.717) is 5.56 Å². The summed E-state index contributed by atoms with van der Waals surface area (Å²) in [4.78, 5) is 15.3. The lowest BCUT2D eigenvalue weighted by atomic mass is 10.1. The highest BCUT2D eigenvalue weighted by Crippen LogP contribution is 2.35. The first-order valence-corrected chi connectivity index (χ1v) is 10.4. The van der Waals surface area contributed by atoms with Gasteiger partial charge in [-0.05, 0) is 36.8 Å². The molecule has 0 spiro atoms. The standard InChI is InChI=1S/C17H17F3N2O4S2/c1-11-5-6-12(10-13(11)16(23)26-2)28(24,25)22-8-9-27-15-14(17(18,19)20)4-3-7-21-15/h3-7,10,22H,8-9H2,1-2H3. The molecule has 0 aliphatic carbocycles. The van der Waals surface area contributed by atoms with Crippen LogP contribution in [0, 0.1) is 6.92 Å². The summed E-state index contributed by atoms with van der Waals surface area (Å²) in [5.41, 5.74) is -0.205. The van der Waals surface area contributed by atoms with E-state index in [9.17, 15) is 26.4 Å². The van der Waals surface area contributed by atoms with Crippen molar-refractivity contribution in [2.24, 2.45) is 0 Å². The van der Waals surface area contributed by atoms with Crippen LogP contribution in [0.1, 0.15) is 21.5 Å². The van der Waals surface area contributed by atoms with Crippen LogP contribution in [0.4, 0.5) is 13.2 Å². The molecule has 0 saturated carbocycles. The fraction of sp³-hybridized carbons (Fsp3) is 0.294. The molecule has 2 rings (SSSR count). The van der Waals surface area contributed by atoms with Crippen LogP contribution in [-0.4, -0.2) is 38.8 Å². The number of thioether (sulfide) groups is 1. The minimum Gasteiger partial charge on any atom is -0.465 e. The number of halogens is 3. The molecule has 11 heteroatoms. The Hall–Kier alpha value is -2.11. The van der Waals surface area contributed by atoms with Crippen molar-refractivity contribution in [3.8, 4) is 0 Å². The number of aromatic nitrogens is 1. The van der Waals surface area contributed by atoms with Gasteiger partial charge in [0, 0.05) is 18.5 Å². The van der Waals surface area contributed by atoms with Crippen LogP contribution < -0.4 is 4.72 Å². The summed E-state index contributed by atoms with van der Waals surface area (Å²) in [6, 6.07) is 6.10. The van der Waals surface area contributed by atoms with Crippen molar-refractivity contribution in [2.75, 3.05) is 19.4 Å². The molecule has 0 atom stereocenters. The van der Waals surface area contributed by atoms with Gasteiger partial charge in [0.15, 0.2) is 0 Å². The Bertz CT molecular complexity index is 963. The summed E-state index contributed by atoms with van der Waals surface area (Å²) < 4.78 is 70.5. The zero-order valence-electron chi connectivity index (χ0n) is 14.9. The fourth-order valence-electron chi connectivity index (χ4n) is 2.23. The lowest BCUT2D eigenvalue weighted by Gasteiger charge is -2.12. The van der Waals surface area contributed by atoms with E-state index >= 15 is 0 Å². The quantitative estimate of drug-likeness (QED) is 0.409. The molecule has 1 heterocycles. The van der Waals surface area contributed by atoms with Crippen LogP contribution in [0.3, 0.4) is 0 Å². The lowest BCUT2D eigenvalue weighted by molar-refractivity contribution is -0.140. The SMILES string of the molecule is COC(=O)c1cc(S(=O)(=O)NCCSc2ncccc2C(F)(F)F)ccc1C. The Balaban J connectivity index is 2.05. The average molecular weight is 434 g/mol. The number of carbonyl (C=O) groups is 1. The number of ether oxygens (including phenoxy) is 1. The normalized spacial score (nSPS) is 12.0. The second-order valence-corrected chi connectivity index (χ2v) is 8.42. The maximum atomic E-state index is 12.9. The molecule has 6 nitrogen and oxygen atoms in total. The first kappa shape index (κ1) is 22.2. The van der Waals surface area contributed by atoms with Crippen molar-refractivity contribution in [1.82, 2.24) is 9.71 Å². The molecule has 28 heavy (non-hydrogen) atoms. The van der Waals surface area contributed by atoms with E-state index in [1.54, 1.807) is 6.92 Å². The molecule has 2 aromatic rings. The van der Waals surface area contributed by atoms with Crippen molar-refractivity contribution in [2.45, 2.75) is 23.0 Å². The van der Waals surface area contributed by atoms with Crippen molar-refractivity contribution in [3.63, 3.8) is 0 Å². The number of hydrogen-bond acceptors (Lipinski definition) is 6. The molecule has 0 unspecified atom stereocenters. The van der Waals surface area contributed by atoms with Crippen LogP contribution in [0.2, 0.25) is 0 Å². The van der Waals surface area contributed by atoms with E-state index in [2.05, 4.69) is 14.4 Å². The van der Waals surface area contributed by atoms with Gasteiger partial charge in [0.1, 0.15) is 5.03 Å². The maximum absolute atomic E-state index is 12.9. The zero-order valence-corrected chi connectivity index (χ0v) is 16.5. The third-order valence-corrected chi connectivity index (χ3v) is 6.10. The Morgan fingerprint density at radius 1 is 1.29 bits per heavy atom. The number of pyridine rings is 1. The van der Waals surface area contributed by atoms with Gasteiger partial charge in [0.05, 0.1) is 23.1 Å². The van der Waals surface area contributed by atoms with Crippen molar-refractivity contribution in [1.29, 1.82) is 0 Å². The third kappa shape index (κ3) is 5.46. The number of nitrogens with one attached hydrogen (secondary N) is 1. The molecule has 1 aromatic carbocycles. The van der Waals surface area contributed by atoms with Gasteiger partial charge in [-0.25, -0.2) is 22.9 Å². The van der Waals surface area contributed by atoms with Crippen molar-refractivity contribution < 1.29 is 31.1 Å². The third-order valence-electron chi connectivity index (χ3n) is 3.63. The number of hydrogen-bond donors (Lipinski definition) is 1. The molecule has 0 saturated heterocycles. The molecule has 0 aliphatic rings. The molecule has 0 fully saturated rings. The number of carbonyl (C=O) groups excluding carboxylic acids is 1. The number of sulfonamides is 1. The Morgan fingerprint density at radius 2 is 2.00 bits per heavy atom. The largest absolute Gasteiger partial charge is 0.465 e. The van der Waals surface area contributed by atoms with E-state index in [0.717, 1.165) is 17.8 Å². The van der Waals surface area contributed by atoms with E-state index in [4.69, 9.17) is 0 Å². The van der Waals surface area contributed by atoms with Gasteiger partial charge in [0.2, 0.25) is 10.0 Å². The molecule has 0 amide bonds. The predicted molar refractivity (Wildman–Crippen MR) is 97.7 cm³/mol. The zero-order chi connectivity index (χ0) is 20.9. The summed E-state index contributed by atoms with van der Waals surface area (Å²) in [5, 5.41) is -0.225. The van der Waals surface area contributed by atoms with Gasteiger partial charge in [0.25, 0.3) is 0 Å². The number of alkyl halides is 3. The summed E-state index contributed by atoms with van der Waals surface area (Å²) in [6.07, 6.45) is -3.30. The predicted octanol–water partition coefficient (Wildman–Crippen LogP) is 3.27. The van der Waals surface area contributed by atoms with E-state index in [1.807, 2.05) is 0 Å². The molecule has 0 bridgehead atoms. The number of nitrogens with zero attached hydrogens (tertiary/aromatic N) is 1. The first-order valence-electron chi connectivity index (χ1n) is 7.90. The number of methoxy groups -OCH3 is 1. The van der Waals surface area contributed by atoms with Gasteiger partial charge < -0.3 is 4.74 Å². The van der Waals surface area contributed by atoms with Crippen molar-refractivity contribution >= 4 is 27.8 Å². The summed E-state index contributed by atoms with van der Waals surface area (Å²) in [6.45, 7) is 1.51. The molecule has 1 aromatic heterocycles. The molecule has 0 radical (unpaired) electrons. The minimum atomic E-state index is -4.54. The monoisotopic (exact) mass is 434 g/mol. The Kier molecular flexibility index (Phi) is 7.07. The molecule has 1 N–H and O–H groups in total. The first-order chi connectivity index (χ1) is 13.1. The second-order valence-electron chi connectivity index (χ2n) is 5.57. The summed E-state index contributed by atoms with van der Waals surface area (Å²) >= 11 is 0.792. The summed E-state index contributed by atoms with van der Waals surface area (Å²) in [5.74, 6) is -0.630. The number of benzene rings is 1. The highest BCUT2D eigenvalue weighted by Gasteiger charge is 2.34. The van der Waals surface area contributed by atoms with Crippen LogP contribution >= 0.6 is 11.8 Å². The number of rotatable bonds is 7. The van der Waals surface area contributed by atoms with Crippen LogP contribution in [0.15, 0.2) is 46.5 Å². The molecule has 152 valence electrons.